The fraction of sp³-hybridized carbons (Fsp3) is 0.357. The van der Waals surface area contributed by atoms with Gasteiger partial charge in [-0.05, 0) is 35.6 Å². The molecule has 38 heavy (non-hydrogen) atoms. The van der Waals surface area contributed by atoms with Gasteiger partial charge < -0.3 is 30.0 Å². The lowest BCUT2D eigenvalue weighted by Crippen LogP contribution is -2.53. The number of hydrogen-bond donors (Lipinski definition) is 3. The topological polar surface area (TPSA) is 140 Å². The summed E-state index contributed by atoms with van der Waals surface area (Å²) in [7, 11) is 0. The van der Waals surface area contributed by atoms with E-state index in [-0.39, 0.29) is 32.0 Å². The Kier molecular flexibility index (Phi) is 12.5. The summed E-state index contributed by atoms with van der Waals surface area (Å²) in [6.45, 7) is 6.34. The number of esters is 2. The lowest BCUT2D eigenvalue weighted by atomic mass is 10.0. The number of aliphatic hydroxyl groups excluding tert-OH is 1. The average Bonchev–Trinajstić information content (AvgIpc) is 2.89. The highest BCUT2D eigenvalue weighted by molar-refractivity contribution is 5.89. The Labute approximate surface area is 222 Å². The lowest BCUT2D eigenvalue weighted by Gasteiger charge is -2.22. The maximum absolute atomic E-state index is 12.7. The van der Waals surface area contributed by atoms with Crippen LogP contribution in [0.15, 0.2) is 67.3 Å². The molecule has 0 saturated heterocycles. The van der Waals surface area contributed by atoms with Crippen molar-refractivity contribution in [3.8, 4) is 5.75 Å². The third kappa shape index (κ3) is 10.8. The molecule has 2 aromatic rings. The van der Waals surface area contributed by atoms with Crippen LogP contribution in [0.4, 0.5) is 4.79 Å². The number of carbonyl (C=O) groups excluding carboxylic acids is 4. The quantitative estimate of drug-likeness (QED) is 0.194. The predicted octanol–water partition coefficient (Wildman–Crippen LogP) is 2.68. The van der Waals surface area contributed by atoms with Gasteiger partial charge in [-0.25, -0.2) is 9.59 Å². The van der Waals surface area contributed by atoms with Crippen LogP contribution in [-0.4, -0.2) is 54.3 Å². The van der Waals surface area contributed by atoms with Gasteiger partial charge >= 0.3 is 18.0 Å². The van der Waals surface area contributed by atoms with Crippen LogP contribution in [0.2, 0.25) is 0 Å². The second-order valence-corrected chi connectivity index (χ2v) is 8.85. The first-order chi connectivity index (χ1) is 18.2. The number of hydrogen-bond acceptors (Lipinski definition) is 8. The Hall–Kier alpha value is -4.18. The van der Waals surface area contributed by atoms with Crippen LogP contribution in [-0.2, 0) is 36.9 Å². The number of nitrogens with one attached hydrogen (secondary N) is 2. The van der Waals surface area contributed by atoms with Gasteiger partial charge in [0.2, 0.25) is 5.91 Å². The molecule has 0 radical (unpaired) electrons. The second-order valence-electron chi connectivity index (χ2n) is 8.85. The largest absolute Gasteiger partial charge is 0.460 e. The SMILES string of the molecule is C=CCOC(=O)[C@H](CO)NC(=O)[C@H](CC(C)C)NC(=O)OCc1ccc(OC(=O)Cc2ccccc2)cc1. The number of benzene rings is 2. The van der Waals surface area contributed by atoms with Crippen molar-refractivity contribution in [3.63, 3.8) is 0 Å². The van der Waals surface area contributed by atoms with Gasteiger partial charge in [-0.3, -0.25) is 9.59 Å². The standard InChI is InChI=1S/C28H34N2O8/c1-4-14-36-27(34)24(17-31)29-26(33)23(15-19(2)3)30-28(35)37-18-21-10-12-22(13-11-21)38-25(32)16-20-8-6-5-7-9-20/h4-13,19,23-24,31H,1,14-18H2,2-3H3,(H,29,33)(H,30,35)/t23-,24-/m0/s1. The van der Waals surface area contributed by atoms with Crippen molar-refractivity contribution in [2.75, 3.05) is 13.2 Å². The summed E-state index contributed by atoms with van der Waals surface area (Å²) >= 11 is 0. The van der Waals surface area contributed by atoms with E-state index < -0.39 is 42.6 Å². The molecule has 2 rings (SSSR count). The summed E-state index contributed by atoms with van der Waals surface area (Å²) in [5.74, 6) is -1.49. The molecule has 2 aromatic carbocycles. The molecule has 0 aliphatic heterocycles. The minimum atomic E-state index is -1.28. The Morgan fingerprint density at radius 3 is 2.21 bits per heavy atom. The molecule has 0 saturated carbocycles. The molecule has 0 heterocycles. The minimum absolute atomic E-state index is 0.0310. The Morgan fingerprint density at radius 1 is 0.921 bits per heavy atom. The minimum Gasteiger partial charge on any atom is -0.460 e. The fourth-order valence-corrected chi connectivity index (χ4v) is 3.31. The summed E-state index contributed by atoms with van der Waals surface area (Å²) in [4.78, 5) is 49.2. The van der Waals surface area contributed by atoms with Crippen LogP contribution >= 0.6 is 0 Å². The first kappa shape index (κ1) is 30.0. The van der Waals surface area contributed by atoms with Crippen molar-refractivity contribution < 1.29 is 38.5 Å². The normalized spacial score (nSPS) is 12.1. The number of rotatable bonds is 14. The van der Waals surface area contributed by atoms with Gasteiger partial charge in [0.1, 0.15) is 25.0 Å². The van der Waals surface area contributed by atoms with E-state index >= 15 is 0 Å². The molecule has 0 aliphatic carbocycles. The van der Waals surface area contributed by atoms with Crippen LogP contribution in [0.25, 0.3) is 0 Å². The molecule has 0 unspecified atom stereocenters. The van der Waals surface area contributed by atoms with E-state index in [1.54, 1.807) is 24.3 Å². The van der Waals surface area contributed by atoms with Crippen LogP contribution < -0.4 is 15.4 Å². The number of aliphatic hydroxyl groups is 1. The molecule has 204 valence electrons. The lowest BCUT2D eigenvalue weighted by molar-refractivity contribution is -0.148. The molecule has 0 aliphatic rings. The average molecular weight is 527 g/mol. The first-order valence-electron chi connectivity index (χ1n) is 12.2. The van der Waals surface area contributed by atoms with E-state index in [0.717, 1.165) is 5.56 Å². The van der Waals surface area contributed by atoms with Crippen LogP contribution in [0.1, 0.15) is 31.4 Å². The number of amides is 2. The summed E-state index contributed by atoms with van der Waals surface area (Å²) in [6, 6.07) is 13.4. The van der Waals surface area contributed by atoms with Crippen molar-refractivity contribution in [2.24, 2.45) is 5.92 Å². The van der Waals surface area contributed by atoms with E-state index in [1.807, 2.05) is 44.2 Å². The van der Waals surface area contributed by atoms with E-state index in [0.29, 0.717) is 11.3 Å². The molecule has 0 bridgehead atoms. The molecule has 0 spiro atoms. The van der Waals surface area contributed by atoms with Crippen molar-refractivity contribution in [2.45, 2.75) is 45.4 Å². The highest BCUT2D eigenvalue weighted by Crippen LogP contribution is 2.14. The molecule has 10 nitrogen and oxygen atoms in total. The third-order valence-electron chi connectivity index (χ3n) is 5.16. The molecular weight excluding hydrogens is 492 g/mol. The Bertz CT molecular complexity index is 1070. The molecule has 0 fully saturated rings. The number of alkyl carbamates (subject to hydrolysis) is 1. The zero-order chi connectivity index (χ0) is 27.9. The smallest absolute Gasteiger partial charge is 0.408 e. The van der Waals surface area contributed by atoms with Crippen molar-refractivity contribution in [1.82, 2.24) is 10.6 Å². The molecule has 0 aromatic heterocycles. The van der Waals surface area contributed by atoms with Crippen LogP contribution in [0.5, 0.6) is 5.75 Å². The predicted molar refractivity (Wildman–Crippen MR) is 139 cm³/mol. The van der Waals surface area contributed by atoms with E-state index in [4.69, 9.17) is 14.2 Å². The highest BCUT2D eigenvalue weighted by Gasteiger charge is 2.28. The molecular formula is C28H34N2O8. The van der Waals surface area contributed by atoms with Gasteiger partial charge in [-0.2, -0.15) is 0 Å². The Balaban J connectivity index is 1.87. The maximum Gasteiger partial charge on any atom is 0.408 e. The maximum atomic E-state index is 12.7. The number of ether oxygens (including phenoxy) is 3. The summed E-state index contributed by atoms with van der Waals surface area (Å²) in [6.07, 6.45) is 0.939. The summed E-state index contributed by atoms with van der Waals surface area (Å²) < 4.78 is 15.4. The second kappa shape index (κ2) is 15.8. The summed E-state index contributed by atoms with van der Waals surface area (Å²) in [5, 5.41) is 14.3. The monoisotopic (exact) mass is 526 g/mol. The molecule has 10 heteroatoms. The van der Waals surface area contributed by atoms with Gasteiger partial charge in [0, 0.05) is 0 Å². The van der Waals surface area contributed by atoms with E-state index in [9.17, 15) is 24.3 Å². The van der Waals surface area contributed by atoms with Gasteiger partial charge in [0.15, 0.2) is 6.04 Å². The van der Waals surface area contributed by atoms with Crippen molar-refractivity contribution in [1.29, 1.82) is 0 Å². The van der Waals surface area contributed by atoms with Crippen molar-refractivity contribution >= 4 is 23.9 Å². The zero-order valence-electron chi connectivity index (χ0n) is 21.6. The van der Waals surface area contributed by atoms with Gasteiger partial charge in [-0.1, -0.05) is 69.0 Å². The molecule has 2 atom stereocenters. The van der Waals surface area contributed by atoms with Crippen LogP contribution in [0, 0.1) is 5.92 Å². The number of carbonyl (C=O) groups is 4. The van der Waals surface area contributed by atoms with E-state index in [2.05, 4.69) is 17.2 Å². The van der Waals surface area contributed by atoms with Gasteiger partial charge in [-0.15, -0.1) is 0 Å². The summed E-state index contributed by atoms with van der Waals surface area (Å²) in [5.41, 5.74) is 1.48. The van der Waals surface area contributed by atoms with Gasteiger partial charge in [0.25, 0.3) is 0 Å². The van der Waals surface area contributed by atoms with Crippen molar-refractivity contribution in [3.05, 3.63) is 78.4 Å². The zero-order valence-corrected chi connectivity index (χ0v) is 21.6. The third-order valence-corrected chi connectivity index (χ3v) is 5.16. The molecule has 3 N–H and O–H groups in total. The van der Waals surface area contributed by atoms with E-state index in [1.165, 1.54) is 6.08 Å². The Morgan fingerprint density at radius 2 is 1.61 bits per heavy atom. The molecule has 2 amide bonds. The van der Waals surface area contributed by atoms with Gasteiger partial charge in [0.05, 0.1) is 13.0 Å². The first-order valence-corrected chi connectivity index (χ1v) is 12.2. The highest BCUT2D eigenvalue weighted by atomic mass is 16.6. The fourth-order valence-electron chi connectivity index (χ4n) is 3.31. The van der Waals surface area contributed by atoms with Crippen LogP contribution in [0.3, 0.4) is 0 Å².